The third-order valence-electron chi connectivity index (χ3n) is 2.03. The van der Waals surface area contributed by atoms with Gasteiger partial charge in [0, 0.05) is 20.2 Å². The van der Waals surface area contributed by atoms with Gasteiger partial charge < -0.3 is 15.5 Å². The SMILES string of the molecule is C=C/C(=C\C=N)Oc1cccc(C)c1.CC.CNC(C)=O. The molecular weight excluding hydrogens is 264 g/mol. The molecule has 4 nitrogen and oxygen atoms in total. The second kappa shape index (κ2) is 14.1. The van der Waals surface area contributed by atoms with E-state index < -0.39 is 0 Å². The largest absolute Gasteiger partial charge is 0.457 e. The molecule has 1 aromatic carbocycles. The minimum atomic E-state index is 0.00463. The van der Waals surface area contributed by atoms with Gasteiger partial charge in [0.1, 0.15) is 11.5 Å². The molecule has 1 aromatic rings. The van der Waals surface area contributed by atoms with E-state index >= 15 is 0 Å². The van der Waals surface area contributed by atoms with Crippen molar-refractivity contribution in [3.05, 3.63) is 54.3 Å². The number of carbonyl (C=O) groups excluding carboxylic acids is 1. The van der Waals surface area contributed by atoms with Gasteiger partial charge in [-0.1, -0.05) is 32.6 Å². The second-order valence-corrected chi connectivity index (χ2v) is 3.66. The molecule has 0 aliphatic rings. The minimum Gasteiger partial charge on any atom is -0.457 e. The lowest BCUT2D eigenvalue weighted by atomic mass is 10.2. The van der Waals surface area contributed by atoms with Crippen LogP contribution in [-0.4, -0.2) is 19.2 Å². The Bertz CT molecular complexity index is 466. The van der Waals surface area contributed by atoms with Crippen molar-refractivity contribution < 1.29 is 9.53 Å². The lowest BCUT2D eigenvalue weighted by molar-refractivity contribution is -0.118. The van der Waals surface area contributed by atoms with E-state index in [0.29, 0.717) is 5.76 Å². The molecule has 0 aliphatic carbocycles. The van der Waals surface area contributed by atoms with Crippen LogP contribution in [0.15, 0.2) is 48.8 Å². The first kappa shape index (κ1) is 20.9. The van der Waals surface area contributed by atoms with Crippen molar-refractivity contribution in [2.75, 3.05) is 7.05 Å². The average molecular weight is 290 g/mol. The van der Waals surface area contributed by atoms with Crippen LogP contribution in [0.4, 0.5) is 0 Å². The summed E-state index contributed by atoms with van der Waals surface area (Å²) in [6.45, 7) is 11.1. The van der Waals surface area contributed by atoms with Crippen molar-refractivity contribution in [3.63, 3.8) is 0 Å². The van der Waals surface area contributed by atoms with Gasteiger partial charge in [0.25, 0.3) is 0 Å². The van der Waals surface area contributed by atoms with Crippen LogP contribution in [0.1, 0.15) is 26.3 Å². The van der Waals surface area contributed by atoms with Gasteiger partial charge in [-0.2, -0.15) is 0 Å². The maximum atomic E-state index is 9.70. The molecule has 0 unspecified atom stereocenters. The summed E-state index contributed by atoms with van der Waals surface area (Å²) in [5, 5.41) is 9.30. The first-order valence-electron chi connectivity index (χ1n) is 6.79. The number of nitrogens with one attached hydrogen (secondary N) is 2. The molecular formula is C17H26N2O2. The molecule has 0 bridgehead atoms. The smallest absolute Gasteiger partial charge is 0.216 e. The summed E-state index contributed by atoms with van der Waals surface area (Å²) >= 11 is 0. The van der Waals surface area contributed by atoms with Gasteiger partial charge in [-0.15, -0.1) is 0 Å². The average Bonchev–Trinajstić information content (AvgIpc) is 2.49. The van der Waals surface area contributed by atoms with Gasteiger partial charge in [0.2, 0.25) is 5.91 Å². The number of carbonyl (C=O) groups is 1. The number of allylic oxidation sites excluding steroid dienone is 2. The molecule has 1 rings (SSSR count). The predicted octanol–water partition coefficient (Wildman–Crippen LogP) is 3.87. The summed E-state index contributed by atoms with van der Waals surface area (Å²) in [4.78, 5) is 9.70. The fraction of sp³-hybridized carbons (Fsp3) is 0.294. The summed E-state index contributed by atoms with van der Waals surface area (Å²) in [5.41, 5.74) is 1.14. The van der Waals surface area contributed by atoms with E-state index in [2.05, 4.69) is 11.9 Å². The number of ether oxygens (including phenoxy) is 1. The number of benzene rings is 1. The topological polar surface area (TPSA) is 62.2 Å². The number of hydrogen-bond donors (Lipinski definition) is 2. The fourth-order valence-electron chi connectivity index (χ4n) is 1.04. The van der Waals surface area contributed by atoms with E-state index in [-0.39, 0.29) is 5.91 Å². The molecule has 0 fully saturated rings. The third kappa shape index (κ3) is 12.4. The van der Waals surface area contributed by atoms with E-state index in [1.54, 1.807) is 19.2 Å². The van der Waals surface area contributed by atoms with Gasteiger partial charge >= 0.3 is 0 Å². The van der Waals surface area contributed by atoms with Gasteiger partial charge in [-0.05, 0) is 36.8 Å². The standard InChI is InChI=1S/C12H13NO.C3H7NO.C2H6/c1-3-11(7-8-13)14-12-6-4-5-10(2)9-12;1-3(5)4-2;1-2/h3-9,13H,1H2,2H3;1-2H3,(H,4,5);1-2H3/b11-7+,13-8?;;. The Hall–Kier alpha value is -2.36. The van der Waals surface area contributed by atoms with E-state index in [4.69, 9.17) is 10.1 Å². The van der Waals surface area contributed by atoms with Crippen molar-refractivity contribution in [2.45, 2.75) is 27.7 Å². The van der Waals surface area contributed by atoms with Crippen LogP contribution in [0.3, 0.4) is 0 Å². The Morgan fingerprint density at radius 2 is 1.95 bits per heavy atom. The van der Waals surface area contributed by atoms with Crippen LogP contribution in [-0.2, 0) is 4.79 Å². The Morgan fingerprint density at radius 3 is 2.33 bits per heavy atom. The molecule has 0 atom stereocenters. The molecule has 0 radical (unpaired) electrons. The van der Waals surface area contributed by atoms with Crippen molar-refractivity contribution in [1.82, 2.24) is 5.32 Å². The minimum absolute atomic E-state index is 0.00463. The lowest BCUT2D eigenvalue weighted by Crippen LogP contribution is -2.11. The predicted molar refractivity (Wildman–Crippen MR) is 90.0 cm³/mol. The van der Waals surface area contributed by atoms with E-state index in [1.165, 1.54) is 13.1 Å². The van der Waals surface area contributed by atoms with Gasteiger partial charge in [-0.3, -0.25) is 4.79 Å². The van der Waals surface area contributed by atoms with Crippen molar-refractivity contribution in [3.8, 4) is 5.75 Å². The van der Waals surface area contributed by atoms with Gasteiger partial charge in [-0.25, -0.2) is 0 Å². The molecule has 0 saturated heterocycles. The van der Waals surface area contributed by atoms with E-state index in [0.717, 1.165) is 11.3 Å². The maximum Gasteiger partial charge on any atom is 0.216 e. The van der Waals surface area contributed by atoms with Crippen molar-refractivity contribution in [1.29, 1.82) is 5.41 Å². The Morgan fingerprint density at radius 1 is 1.38 bits per heavy atom. The number of rotatable bonds is 4. The Balaban J connectivity index is 0. The summed E-state index contributed by atoms with van der Waals surface area (Å²) < 4.78 is 5.48. The van der Waals surface area contributed by atoms with Crippen LogP contribution in [0.25, 0.3) is 0 Å². The fourth-order valence-corrected chi connectivity index (χ4v) is 1.04. The Labute approximate surface area is 128 Å². The third-order valence-corrected chi connectivity index (χ3v) is 2.03. The van der Waals surface area contributed by atoms with Crippen LogP contribution >= 0.6 is 0 Å². The second-order valence-electron chi connectivity index (χ2n) is 3.66. The molecule has 0 aliphatic heterocycles. The molecule has 0 saturated carbocycles. The van der Waals surface area contributed by atoms with Crippen LogP contribution < -0.4 is 10.1 Å². The summed E-state index contributed by atoms with van der Waals surface area (Å²) in [5.74, 6) is 1.34. The Kier molecular flexibility index (Phi) is 14.0. The molecule has 116 valence electrons. The van der Waals surface area contributed by atoms with Gasteiger partial charge in [0.15, 0.2) is 0 Å². The lowest BCUT2D eigenvalue weighted by Gasteiger charge is -2.05. The van der Waals surface area contributed by atoms with E-state index in [1.807, 2.05) is 45.0 Å². The molecule has 4 heteroatoms. The summed E-state index contributed by atoms with van der Waals surface area (Å²) in [6, 6.07) is 7.73. The van der Waals surface area contributed by atoms with Crippen molar-refractivity contribution >= 4 is 12.1 Å². The highest BCUT2D eigenvalue weighted by Gasteiger charge is 1.95. The van der Waals surface area contributed by atoms with Crippen LogP contribution in [0.5, 0.6) is 5.75 Å². The van der Waals surface area contributed by atoms with Crippen LogP contribution in [0, 0.1) is 12.3 Å². The maximum absolute atomic E-state index is 9.70. The number of aryl methyl sites for hydroxylation is 1. The molecule has 0 spiro atoms. The highest BCUT2D eigenvalue weighted by Crippen LogP contribution is 2.15. The molecule has 0 heterocycles. The molecule has 21 heavy (non-hydrogen) atoms. The zero-order valence-corrected chi connectivity index (χ0v) is 13.6. The highest BCUT2D eigenvalue weighted by atomic mass is 16.5. The van der Waals surface area contributed by atoms with E-state index in [9.17, 15) is 4.79 Å². The van der Waals surface area contributed by atoms with Crippen LogP contribution in [0.2, 0.25) is 0 Å². The highest BCUT2D eigenvalue weighted by molar-refractivity contribution is 5.72. The number of amides is 1. The first-order chi connectivity index (χ1) is 10.0. The summed E-state index contributed by atoms with van der Waals surface area (Å²) in [7, 11) is 1.60. The first-order valence-corrected chi connectivity index (χ1v) is 6.79. The quantitative estimate of drug-likeness (QED) is 0.502. The number of hydrogen-bond acceptors (Lipinski definition) is 3. The van der Waals surface area contributed by atoms with Gasteiger partial charge in [0.05, 0.1) is 0 Å². The molecule has 2 N–H and O–H groups in total. The monoisotopic (exact) mass is 290 g/mol. The normalized spacial score (nSPS) is 9.10. The zero-order valence-electron chi connectivity index (χ0n) is 13.6. The molecule has 1 amide bonds. The summed E-state index contributed by atoms with van der Waals surface area (Å²) in [6.07, 6.45) is 4.30. The zero-order chi connectivity index (χ0) is 16.7. The molecule has 0 aromatic heterocycles. The van der Waals surface area contributed by atoms with Crippen molar-refractivity contribution in [2.24, 2.45) is 0 Å².